The lowest BCUT2D eigenvalue weighted by molar-refractivity contribution is 0.213. The van der Waals surface area contributed by atoms with Crippen LogP contribution >= 0.6 is 0 Å². The monoisotopic (exact) mass is 222 g/mol. The molecule has 1 rings (SSSR count). The van der Waals surface area contributed by atoms with Crippen LogP contribution in [-0.4, -0.2) is 22.5 Å². The molecule has 16 heavy (non-hydrogen) atoms. The van der Waals surface area contributed by atoms with Gasteiger partial charge in [-0.05, 0) is 32.9 Å². The third-order valence-electron chi connectivity index (χ3n) is 2.64. The molecule has 0 spiro atoms. The molecule has 4 nitrogen and oxygen atoms in total. The van der Waals surface area contributed by atoms with E-state index in [0.717, 1.165) is 30.9 Å². The summed E-state index contributed by atoms with van der Waals surface area (Å²) in [5.41, 5.74) is 3.79. The maximum Gasteiger partial charge on any atom is 0.144 e. The Balaban J connectivity index is 2.76. The van der Waals surface area contributed by atoms with Gasteiger partial charge < -0.3 is 5.43 Å². The van der Waals surface area contributed by atoms with Crippen LogP contribution in [0.5, 0.6) is 0 Å². The van der Waals surface area contributed by atoms with Crippen LogP contribution < -0.4 is 11.3 Å². The molecular weight excluding hydrogens is 200 g/mol. The van der Waals surface area contributed by atoms with Crippen LogP contribution in [0, 0.1) is 0 Å². The van der Waals surface area contributed by atoms with E-state index in [-0.39, 0.29) is 0 Å². The molecule has 1 aromatic heterocycles. The molecule has 0 atom stereocenters. The number of hydrogen-bond donors (Lipinski definition) is 2. The van der Waals surface area contributed by atoms with Gasteiger partial charge in [0.2, 0.25) is 0 Å². The lowest BCUT2D eigenvalue weighted by Gasteiger charge is -2.26. The average molecular weight is 222 g/mol. The van der Waals surface area contributed by atoms with Crippen LogP contribution in [0.2, 0.25) is 0 Å². The summed E-state index contributed by atoms with van der Waals surface area (Å²) in [6.45, 7) is 8.60. The van der Waals surface area contributed by atoms with Gasteiger partial charge in [0, 0.05) is 24.3 Å². The predicted molar refractivity (Wildman–Crippen MR) is 67.9 cm³/mol. The Morgan fingerprint density at radius 3 is 2.81 bits per heavy atom. The highest BCUT2D eigenvalue weighted by molar-refractivity contribution is 5.42. The number of nitrogens with zero attached hydrogens (tertiary/aromatic N) is 2. The molecule has 0 aromatic carbocycles. The van der Waals surface area contributed by atoms with Crippen molar-refractivity contribution in [2.24, 2.45) is 5.84 Å². The molecule has 0 aliphatic carbocycles. The van der Waals surface area contributed by atoms with E-state index in [2.05, 4.69) is 42.1 Å². The molecule has 0 bridgehead atoms. The SMILES string of the molecule is CCCN(Cc1cccnc1NN)C(C)C. The first-order chi connectivity index (χ1) is 7.69. The molecule has 0 aliphatic heterocycles. The molecule has 0 saturated carbocycles. The molecule has 0 fully saturated rings. The maximum absolute atomic E-state index is 5.45. The van der Waals surface area contributed by atoms with Crippen LogP contribution in [0.1, 0.15) is 32.8 Å². The summed E-state index contributed by atoms with van der Waals surface area (Å²) in [6.07, 6.45) is 2.90. The van der Waals surface area contributed by atoms with E-state index in [1.807, 2.05) is 6.07 Å². The van der Waals surface area contributed by atoms with Crippen molar-refractivity contribution in [1.29, 1.82) is 0 Å². The minimum atomic E-state index is 0.533. The third-order valence-corrected chi connectivity index (χ3v) is 2.64. The van der Waals surface area contributed by atoms with Crippen LogP contribution in [0.4, 0.5) is 5.82 Å². The van der Waals surface area contributed by atoms with Crippen molar-refractivity contribution in [2.75, 3.05) is 12.0 Å². The zero-order chi connectivity index (χ0) is 12.0. The van der Waals surface area contributed by atoms with E-state index in [1.165, 1.54) is 0 Å². The zero-order valence-electron chi connectivity index (χ0n) is 10.4. The van der Waals surface area contributed by atoms with Gasteiger partial charge in [0.1, 0.15) is 5.82 Å². The van der Waals surface area contributed by atoms with Gasteiger partial charge in [-0.3, -0.25) is 4.90 Å². The highest BCUT2D eigenvalue weighted by atomic mass is 15.3. The third kappa shape index (κ3) is 3.47. The molecule has 1 heterocycles. The molecule has 0 unspecified atom stereocenters. The number of hydrogen-bond acceptors (Lipinski definition) is 4. The quantitative estimate of drug-likeness (QED) is 0.571. The fraction of sp³-hybridized carbons (Fsp3) is 0.583. The van der Waals surface area contributed by atoms with Crippen molar-refractivity contribution in [1.82, 2.24) is 9.88 Å². The van der Waals surface area contributed by atoms with E-state index in [9.17, 15) is 0 Å². The van der Waals surface area contributed by atoms with E-state index in [1.54, 1.807) is 6.20 Å². The fourth-order valence-electron chi connectivity index (χ4n) is 1.72. The number of nitrogens with two attached hydrogens (primary N) is 1. The molecule has 4 heteroatoms. The second kappa shape index (κ2) is 6.45. The molecule has 0 radical (unpaired) electrons. The highest BCUT2D eigenvalue weighted by Crippen LogP contribution is 2.14. The molecular formula is C12H22N4. The van der Waals surface area contributed by atoms with E-state index < -0.39 is 0 Å². The van der Waals surface area contributed by atoms with Gasteiger partial charge in [0.05, 0.1) is 0 Å². The van der Waals surface area contributed by atoms with Crippen molar-refractivity contribution in [3.8, 4) is 0 Å². The van der Waals surface area contributed by atoms with Crippen LogP contribution in [0.15, 0.2) is 18.3 Å². The van der Waals surface area contributed by atoms with Crippen LogP contribution in [0.25, 0.3) is 0 Å². The van der Waals surface area contributed by atoms with E-state index in [4.69, 9.17) is 5.84 Å². The number of nitrogens with one attached hydrogen (secondary N) is 1. The standard InChI is InChI=1S/C12H22N4/c1-4-8-16(10(2)3)9-11-6-5-7-14-12(11)15-13/h5-7,10H,4,8-9,13H2,1-3H3,(H,14,15). The van der Waals surface area contributed by atoms with E-state index in [0.29, 0.717) is 6.04 Å². The van der Waals surface area contributed by atoms with Crippen molar-refractivity contribution in [3.05, 3.63) is 23.9 Å². The summed E-state index contributed by atoms with van der Waals surface area (Å²) in [7, 11) is 0. The first kappa shape index (κ1) is 12.9. The predicted octanol–water partition coefficient (Wildman–Crippen LogP) is 1.99. The Bertz CT molecular complexity index is 312. The number of nitrogen functional groups attached to an aromatic ring is 1. The Labute approximate surface area is 97.8 Å². The normalized spacial score (nSPS) is 11.1. The van der Waals surface area contributed by atoms with Gasteiger partial charge in [-0.1, -0.05) is 13.0 Å². The first-order valence-electron chi connectivity index (χ1n) is 5.83. The first-order valence-corrected chi connectivity index (χ1v) is 5.83. The number of pyridine rings is 1. The largest absolute Gasteiger partial charge is 0.308 e. The summed E-state index contributed by atoms with van der Waals surface area (Å²) < 4.78 is 0. The summed E-state index contributed by atoms with van der Waals surface area (Å²) in [5.74, 6) is 6.21. The Morgan fingerprint density at radius 2 is 2.25 bits per heavy atom. The molecule has 1 aromatic rings. The minimum absolute atomic E-state index is 0.533. The van der Waals surface area contributed by atoms with Gasteiger partial charge in [-0.15, -0.1) is 0 Å². The fourth-order valence-corrected chi connectivity index (χ4v) is 1.72. The second-order valence-electron chi connectivity index (χ2n) is 4.22. The topological polar surface area (TPSA) is 54.2 Å². The zero-order valence-corrected chi connectivity index (χ0v) is 10.4. The van der Waals surface area contributed by atoms with Crippen molar-refractivity contribution >= 4 is 5.82 Å². The number of aromatic nitrogens is 1. The summed E-state index contributed by atoms with van der Waals surface area (Å²) in [6, 6.07) is 4.54. The summed E-state index contributed by atoms with van der Waals surface area (Å²) >= 11 is 0. The van der Waals surface area contributed by atoms with Gasteiger partial charge in [0.15, 0.2) is 0 Å². The maximum atomic E-state index is 5.45. The van der Waals surface area contributed by atoms with Gasteiger partial charge >= 0.3 is 0 Å². The van der Waals surface area contributed by atoms with Crippen molar-refractivity contribution in [3.63, 3.8) is 0 Å². The lowest BCUT2D eigenvalue weighted by Crippen LogP contribution is -2.31. The summed E-state index contributed by atoms with van der Waals surface area (Å²) in [4.78, 5) is 6.62. The lowest BCUT2D eigenvalue weighted by atomic mass is 10.2. The smallest absolute Gasteiger partial charge is 0.144 e. The van der Waals surface area contributed by atoms with Gasteiger partial charge in [0.25, 0.3) is 0 Å². The van der Waals surface area contributed by atoms with Gasteiger partial charge in [-0.25, -0.2) is 10.8 Å². The minimum Gasteiger partial charge on any atom is -0.308 e. The average Bonchev–Trinajstić information content (AvgIpc) is 2.29. The molecule has 3 N–H and O–H groups in total. The summed E-state index contributed by atoms with van der Waals surface area (Å²) in [5, 5.41) is 0. The van der Waals surface area contributed by atoms with Crippen LogP contribution in [-0.2, 0) is 6.54 Å². The molecule has 0 aliphatic rings. The molecule has 0 amide bonds. The molecule has 90 valence electrons. The van der Waals surface area contributed by atoms with Gasteiger partial charge in [-0.2, -0.15) is 0 Å². The number of hydrazine groups is 1. The number of anilines is 1. The second-order valence-corrected chi connectivity index (χ2v) is 4.22. The Kier molecular flexibility index (Phi) is 5.22. The Morgan fingerprint density at radius 1 is 1.50 bits per heavy atom. The number of rotatable bonds is 6. The Hall–Kier alpha value is -1.13. The van der Waals surface area contributed by atoms with Crippen molar-refractivity contribution < 1.29 is 0 Å². The highest BCUT2D eigenvalue weighted by Gasteiger charge is 2.11. The van der Waals surface area contributed by atoms with E-state index >= 15 is 0 Å². The molecule has 0 saturated heterocycles. The van der Waals surface area contributed by atoms with Crippen molar-refractivity contribution in [2.45, 2.75) is 39.8 Å². The van der Waals surface area contributed by atoms with Crippen LogP contribution in [0.3, 0.4) is 0 Å².